The molecule has 0 amide bonds. The van der Waals surface area contributed by atoms with Crippen LogP contribution in [0.3, 0.4) is 0 Å². The van der Waals surface area contributed by atoms with E-state index in [-0.39, 0.29) is 12.0 Å². The van der Waals surface area contributed by atoms with Gasteiger partial charge in [-0.2, -0.15) is 5.26 Å². The van der Waals surface area contributed by atoms with Gasteiger partial charge in [-0.15, -0.1) is 6.42 Å². The van der Waals surface area contributed by atoms with Gasteiger partial charge in [0.1, 0.15) is 6.10 Å². The van der Waals surface area contributed by atoms with Gasteiger partial charge in [0.05, 0.1) is 24.8 Å². The van der Waals surface area contributed by atoms with E-state index in [0.717, 1.165) is 28.7 Å². The van der Waals surface area contributed by atoms with Crippen LogP contribution >= 0.6 is 0 Å². The van der Waals surface area contributed by atoms with Crippen molar-refractivity contribution in [2.24, 2.45) is 4.99 Å². The molecule has 1 aromatic heterocycles. The lowest BCUT2D eigenvalue weighted by Crippen LogP contribution is -2.24. The fourth-order valence-electron chi connectivity index (χ4n) is 3.02. The van der Waals surface area contributed by atoms with Crippen molar-refractivity contribution < 1.29 is 9.47 Å². The molecule has 2 rings (SSSR count). The minimum Gasteiger partial charge on any atom is -0.472 e. The van der Waals surface area contributed by atoms with E-state index in [4.69, 9.17) is 21.2 Å². The number of nitrogens with zero attached hydrogens (tertiary/aromatic N) is 3. The summed E-state index contributed by atoms with van der Waals surface area (Å²) in [6.07, 6.45) is 11.2. The Bertz CT molecular complexity index is 995. The van der Waals surface area contributed by atoms with Crippen LogP contribution in [0.25, 0.3) is 5.57 Å². The number of hydrogen-bond donors (Lipinski definition) is 0. The highest BCUT2D eigenvalue weighted by molar-refractivity contribution is 6.10. The Morgan fingerprint density at radius 3 is 2.61 bits per heavy atom. The monoisotopic (exact) mass is 415 g/mol. The molecule has 160 valence electrons. The number of hydrogen-bond acceptors (Lipinski definition) is 5. The van der Waals surface area contributed by atoms with Gasteiger partial charge < -0.3 is 9.47 Å². The maximum atomic E-state index is 8.92. The molecule has 2 aromatic rings. The zero-order chi connectivity index (χ0) is 22.6. The first-order valence-corrected chi connectivity index (χ1v) is 10.3. The lowest BCUT2D eigenvalue weighted by atomic mass is 10.0. The normalized spacial score (nSPS) is 13.4. The van der Waals surface area contributed by atoms with Gasteiger partial charge >= 0.3 is 0 Å². The molecule has 0 saturated carbocycles. The number of aromatic nitrogens is 1. The van der Waals surface area contributed by atoms with Gasteiger partial charge in [0, 0.05) is 42.1 Å². The molecule has 5 heteroatoms. The summed E-state index contributed by atoms with van der Waals surface area (Å²) in [5.41, 5.74) is 4.46. The van der Waals surface area contributed by atoms with Crippen molar-refractivity contribution in [3.05, 3.63) is 64.9 Å². The third-order valence-electron chi connectivity index (χ3n) is 4.88. The lowest BCUT2D eigenvalue weighted by molar-refractivity contribution is 0.0406. The fraction of sp³-hybridized carbons (Fsp3) is 0.346. The number of aliphatic imine (C=N–C) groups is 1. The maximum absolute atomic E-state index is 8.92. The Balaban J connectivity index is 1.95. The molecule has 0 fully saturated rings. The molecule has 0 radical (unpaired) electrons. The van der Waals surface area contributed by atoms with Crippen LogP contribution in [0.5, 0.6) is 5.88 Å². The molecule has 0 aliphatic heterocycles. The van der Waals surface area contributed by atoms with E-state index in [0.29, 0.717) is 24.7 Å². The summed E-state index contributed by atoms with van der Waals surface area (Å²) in [5, 5.41) is 8.92. The summed E-state index contributed by atoms with van der Waals surface area (Å²) >= 11 is 0. The zero-order valence-electron chi connectivity index (χ0n) is 18.6. The highest BCUT2D eigenvalue weighted by Gasteiger charge is 2.14. The van der Waals surface area contributed by atoms with E-state index in [1.165, 1.54) is 0 Å². The minimum absolute atomic E-state index is 0.0943. The number of aryl methyl sites for hydroxylation is 1. The molecule has 2 atom stereocenters. The average molecular weight is 416 g/mol. The predicted octanol–water partition coefficient (Wildman–Crippen LogP) is 4.96. The van der Waals surface area contributed by atoms with Crippen molar-refractivity contribution in [3.8, 4) is 24.3 Å². The van der Waals surface area contributed by atoms with Crippen LogP contribution in [0.2, 0.25) is 0 Å². The van der Waals surface area contributed by atoms with Crippen molar-refractivity contribution in [1.82, 2.24) is 4.98 Å². The molecule has 0 N–H and O–H groups in total. The first-order chi connectivity index (χ1) is 15.0. The zero-order valence-corrected chi connectivity index (χ0v) is 18.6. The molecular weight excluding hydrogens is 386 g/mol. The second-order valence-corrected chi connectivity index (χ2v) is 7.32. The number of nitriles is 1. The van der Waals surface area contributed by atoms with E-state index in [1.54, 1.807) is 25.5 Å². The van der Waals surface area contributed by atoms with Crippen molar-refractivity contribution in [2.45, 2.75) is 39.2 Å². The van der Waals surface area contributed by atoms with Crippen LogP contribution in [0.15, 0.2) is 47.6 Å². The summed E-state index contributed by atoms with van der Waals surface area (Å²) < 4.78 is 12.0. The fourth-order valence-corrected chi connectivity index (χ4v) is 3.02. The third kappa shape index (κ3) is 7.10. The summed E-state index contributed by atoms with van der Waals surface area (Å²) in [4.78, 5) is 8.53. The Kier molecular flexibility index (Phi) is 9.49. The van der Waals surface area contributed by atoms with Crippen molar-refractivity contribution in [2.75, 3.05) is 20.3 Å². The molecule has 31 heavy (non-hydrogen) atoms. The quantitative estimate of drug-likeness (QED) is 0.406. The molecule has 1 aromatic carbocycles. The van der Waals surface area contributed by atoms with Crippen LogP contribution in [-0.4, -0.2) is 37.6 Å². The largest absolute Gasteiger partial charge is 0.472 e. The Labute approximate surface area is 185 Å². The summed E-state index contributed by atoms with van der Waals surface area (Å²) in [7, 11) is 1.70. The summed E-state index contributed by atoms with van der Waals surface area (Å²) in [6.45, 7) is 7.18. The number of pyridine rings is 1. The molecule has 0 aliphatic rings. The average Bonchev–Trinajstić information content (AvgIpc) is 2.79. The van der Waals surface area contributed by atoms with Crippen LogP contribution < -0.4 is 4.74 Å². The van der Waals surface area contributed by atoms with Crippen LogP contribution in [0.4, 0.5) is 0 Å². The molecule has 0 unspecified atom stereocenters. The van der Waals surface area contributed by atoms with Crippen LogP contribution in [0.1, 0.15) is 48.4 Å². The van der Waals surface area contributed by atoms with Gasteiger partial charge in [-0.1, -0.05) is 31.9 Å². The topological polar surface area (TPSA) is 67.5 Å². The molecule has 5 nitrogen and oxygen atoms in total. The standard InChI is InChI=1S/C26H29N3O2/c1-6-8-23(15-28-5)24-13-19(3)26(29-16-24)31-25(7-2)18-30-17-20(4)22-11-9-21(14-27)10-12-22/h1,8-13,15-16,20,25H,7,17-18H2,2-5H3/b23-8+,28-15?/t20-,25+/m1/s1. The molecular formula is C26H29N3O2. The number of rotatable bonds is 10. The van der Waals surface area contributed by atoms with Gasteiger partial charge in [-0.25, -0.2) is 4.98 Å². The Morgan fingerprint density at radius 2 is 2.03 bits per heavy atom. The molecule has 0 saturated heterocycles. The Morgan fingerprint density at radius 1 is 1.29 bits per heavy atom. The highest BCUT2D eigenvalue weighted by atomic mass is 16.5. The van der Waals surface area contributed by atoms with Crippen molar-refractivity contribution in [3.63, 3.8) is 0 Å². The van der Waals surface area contributed by atoms with Gasteiger partial charge in [0.2, 0.25) is 5.88 Å². The van der Waals surface area contributed by atoms with E-state index in [1.807, 2.05) is 37.3 Å². The second kappa shape index (κ2) is 12.3. The molecule has 0 aliphatic carbocycles. The van der Waals surface area contributed by atoms with Crippen molar-refractivity contribution in [1.29, 1.82) is 5.26 Å². The smallest absolute Gasteiger partial charge is 0.216 e. The molecule has 1 heterocycles. The van der Waals surface area contributed by atoms with E-state index in [2.05, 4.69) is 35.8 Å². The summed E-state index contributed by atoms with van der Waals surface area (Å²) in [6, 6.07) is 11.7. The van der Waals surface area contributed by atoms with E-state index >= 15 is 0 Å². The summed E-state index contributed by atoms with van der Waals surface area (Å²) in [5.74, 6) is 3.35. The first-order valence-electron chi connectivity index (χ1n) is 10.3. The maximum Gasteiger partial charge on any atom is 0.216 e. The highest BCUT2D eigenvalue weighted by Crippen LogP contribution is 2.22. The second-order valence-electron chi connectivity index (χ2n) is 7.32. The van der Waals surface area contributed by atoms with Crippen LogP contribution in [-0.2, 0) is 4.74 Å². The SMILES string of the molecule is C#C/C=C(\C=NC)c1cnc(O[C@@H](CC)COC[C@@H](C)c2ccc(C#N)cc2)c(C)c1. The van der Waals surface area contributed by atoms with Crippen LogP contribution in [0, 0.1) is 30.6 Å². The Hall–Kier alpha value is -3.41. The molecule has 0 bridgehead atoms. The number of allylic oxidation sites excluding steroid dienone is 2. The van der Waals surface area contributed by atoms with Gasteiger partial charge in [0.15, 0.2) is 0 Å². The van der Waals surface area contributed by atoms with E-state index in [9.17, 15) is 0 Å². The number of ether oxygens (including phenoxy) is 2. The molecule has 0 spiro atoms. The first kappa shape index (κ1) is 23.9. The third-order valence-corrected chi connectivity index (χ3v) is 4.88. The van der Waals surface area contributed by atoms with Gasteiger partial charge in [-0.05, 0) is 43.2 Å². The minimum atomic E-state index is -0.0943. The number of benzene rings is 1. The van der Waals surface area contributed by atoms with Crippen molar-refractivity contribution >= 4 is 11.8 Å². The predicted molar refractivity (Wildman–Crippen MR) is 125 cm³/mol. The lowest BCUT2D eigenvalue weighted by Gasteiger charge is -2.20. The van der Waals surface area contributed by atoms with E-state index < -0.39 is 0 Å². The van der Waals surface area contributed by atoms with Gasteiger partial charge in [0.25, 0.3) is 0 Å². The van der Waals surface area contributed by atoms with Gasteiger partial charge in [-0.3, -0.25) is 4.99 Å². The number of terminal acetylenes is 1.